The lowest BCUT2D eigenvalue weighted by atomic mass is 9.88. The summed E-state index contributed by atoms with van der Waals surface area (Å²) in [5.74, 6) is 0.804. The van der Waals surface area contributed by atoms with E-state index in [1.165, 1.54) is 24.9 Å². The van der Waals surface area contributed by atoms with E-state index in [4.69, 9.17) is 4.74 Å². The monoisotopic (exact) mass is 260 g/mol. The summed E-state index contributed by atoms with van der Waals surface area (Å²) in [5, 5.41) is 3.65. The van der Waals surface area contributed by atoms with Crippen molar-refractivity contribution in [3.05, 3.63) is 35.9 Å². The Kier molecular flexibility index (Phi) is 4.16. The molecule has 2 saturated heterocycles. The maximum Gasteiger partial charge on any atom is 0.0997 e. The fourth-order valence-electron chi connectivity index (χ4n) is 3.43. The van der Waals surface area contributed by atoms with Crippen molar-refractivity contribution in [1.82, 2.24) is 10.2 Å². The van der Waals surface area contributed by atoms with Crippen LogP contribution in [0.15, 0.2) is 30.3 Å². The average molecular weight is 260 g/mol. The van der Waals surface area contributed by atoms with Crippen LogP contribution in [0.2, 0.25) is 0 Å². The number of ether oxygens (including phenoxy) is 1. The molecule has 0 bridgehead atoms. The van der Waals surface area contributed by atoms with E-state index >= 15 is 0 Å². The summed E-state index contributed by atoms with van der Waals surface area (Å²) in [7, 11) is 0. The predicted octanol–water partition coefficient (Wildman–Crippen LogP) is 2.23. The highest BCUT2D eigenvalue weighted by Crippen LogP contribution is 2.28. The number of likely N-dealkylation sites (tertiary alicyclic amines) is 1. The number of hydrogen-bond donors (Lipinski definition) is 1. The second-order valence-electron chi connectivity index (χ2n) is 5.88. The van der Waals surface area contributed by atoms with Crippen molar-refractivity contribution < 1.29 is 4.74 Å². The quantitative estimate of drug-likeness (QED) is 0.898. The summed E-state index contributed by atoms with van der Waals surface area (Å²) in [4.78, 5) is 2.52. The molecule has 3 atom stereocenters. The zero-order chi connectivity index (χ0) is 13.1. The molecule has 0 amide bonds. The van der Waals surface area contributed by atoms with Crippen LogP contribution in [0.1, 0.15) is 25.3 Å². The Morgan fingerprint density at radius 1 is 1.26 bits per heavy atom. The summed E-state index contributed by atoms with van der Waals surface area (Å²) < 4.78 is 5.90. The molecule has 19 heavy (non-hydrogen) atoms. The van der Waals surface area contributed by atoms with E-state index in [0.717, 1.165) is 25.8 Å². The SMILES string of the molecule is CC1CCN(COCc2ccccc2)C2CCNC12. The summed E-state index contributed by atoms with van der Waals surface area (Å²) >= 11 is 0. The van der Waals surface area contributed by atoms with Crippen LogP contribution in [0.5, 0.6) is 0 Å². The molecule has 0 saturated carbocycles. The van der Waals surface area contributed by atoms with Gasteiger partial charge in [0.05, 0.1) is 13.3 Å². The largest absolute Gasteiger partial charge is 0.361 e. The van der Waals surface area contributed by atoms with Gasteiger partial charge >= 0.3 is 0 Å². The van der Waals surface area contributed by atoms with Gasteiger partial charge < -0.3 is 10.1 Å². The molecule has 1 aromatic rings. The van der Waals surface area contributed by atoms with Crippen molar-refractivity contribution in [1.29, 1.82) is 0 Å². The van der Waals surface area contributed by atoms with Gasteiger partial charge in [-0.2, -0.15) is 0 Å². The van der Waals surface area contributed by atoms with Gasteiger partial charge in [0, 0.05) is 18.6 Å². The van der Waals surface area contributed by atoms with Crippen molar-refractivity contribution in [3.63, 3.8) is 0 Å². The Morgan fingerprint density at radius 2 is 2.11 bits per heavy atom. The number of hydrogen-bond acceptors (Lipinski definition) is 3. The molecule has 0 aromatic heterocycles. The molecule has 2 aliphatic rings. The molecule has 104 valence electrons. The normalized spacial score (nSPS) is 31.3. The molecule has 0 spiro atoms. The number of benzene rings is 1. The van der Waals surface area contributed by atoms with Crippen LogP contribution < -0.4 is 5.32 Å². The number of fused-ring (bicyclic) bond motifs is 1. The van der Waals surface area contributed by atoms with Gasteiger partial charge in [-0.05, 0) is 30.9 Å². The third-order valence-corrected chi connectivity index (χ3v) is 4.56. The second kappa shape index (κ2) is 6.04. The van der Waals surface area contributed by atoms with Crippen LogP contribution in [0, 0.1) is 5.92 Å². The Hall–Kier alpha value is -0.900. The number of nitrogens with zero attached hydrogens (tertiary/aromatic N) is 1. The van der Waals surface area contributed by atoms with Crippen LogP contribution >= 0.6 is 0 Å². The molecule has 3 nitrogen and oxygen atoms in total. The van der Waals surface area contributed by atoms with E-state index in [-0.39, 0.29) is 0 Å². The van der Waals surface area contributed by atoms with Crippen LogP contribution in [0.4, 0.5) is 0 Å². The molecule has 3 rings (SSSR count). The van der Waals surface area contributed by atoms with Gasteiger partial charge in [-0.25, -0.2) is 0 Å². The van der Waals surface area contributed by atoms with E-state index in [9.17, 15) is 0 Å². The van der Waals surface area contributed by atoms with E-state index in [1.807, 2.05) is 6.07 Å². The minimum atomic E-state index is 0.675. The van der Waals surface area contributed by atoms with Crippen molar-refractivity contribution in [3.8, 4) is 0 Å². The zero-order valence-corrected chi connectivity index (χ0v) is 11.7. The van der Waals surface area contributed by atoms with E-state index < -0.39 is 0 Å². The third-order valence-electron chi connectivity index (χ3n) is 4.56. The minimum absolute atomic E-state index is 0.675. The van der Waals surface area contributed by atoms with Gasteiger partial charge in [0.15, 0.2) is 0 Å². The highest BCUT2D eigenvalue weighted by molar-refractivity contribution is 5.13. The Morgan fingerprint density at radius 3 is 2.95 bits per heavy atom. The van der Waals surface area contributed by atoms with Gasteiger partial charge in [-0.1, -0.05) is 37.3 Å². The molecule has 2 fully saturated rings. The summed E-state index contributed by atoms with van der Waals surface area (Å²) in [6.45, 7) is 6.20. The highest BCUT2D eigenvalue weighted by Gasteiger charge is 2.38. The molecule has 3 unspecified atom stereocenters. The van der Waals surface area contributed by atoms with Gasteiger partial charge in [-0.15, -0.1) is 0 Å². The van der Waals surface area contributed by atoms with Gasteiger partial charge in [-0.3, -0.25) is 4.90 Å². The maximum atomic E-state index is 5.90. The fourth-order valence-corrected chi connectivity index (χ4v) is 3.43. The molecule has 2 aliphatic heterocycles. The smallest absolute Gasteiger partial charge is 0.0997 e. The molecule has 2 heterocycles. The number of nitrogens with one attached hydrogen (secondary N) is 1. The molecule has 1 aromatic carbocycles. The second-order valence-corrected chi connectivity index (χ2v) is 5.88. The van der Waals surface area contributed by atoms with Crippen molar-refractivity contribution in [2.24, 2.45) is 5.92 Å². The van der Waals surface area contributed by atoms with Crippen LogP contribution in [0.25, 0.3) is 0 Å². The Labute approximate surface area is 115 Å². The van der Waals surface area contributed by atoms with Crippen molar-refractivity contribution >= 4 is 0 Å². The third kappa shape index (κ3) is 2.99. The van der Waals surface area contributed by atoms with Crippen molar-refractivity contribution in [2.45, 2.75) is 38.5 Å². The van der Waals surface area contributed by atoms with Crippen LogP contribution in [-0.4, -0.2) is 36.8 Å². The summed E-state index contributed by atoms with van der Waals surface area (Å²) in [6.07, 6.45) is 2.55. The fraction of sp³-hybridized carbons (Fsp3) is 0.625. The average Bonchev–Trinajstić information content (AvgIpc) is 2.93. The topological polar surface area (TPSA) is 24.5 Å². The van der Waals surface area contributed by atoms with E-state index in [0.29, 0.717) is 12.1 Å². The predicted molar refractivity (Wildman–Crippen MR) is 76.8 cm³/mol. The standard InChI is InChI=1S/C16H24N2O/c1-13-8-10-18(15-7-9-17-16(13)15)12-19-11-14-5-3-2-4-6-14/h2-6,13,15-17H,7-12H2,1H3. The summed E-state index contributed by atoms with van der Waals surface area (Å²) in [6, 6.07) is 11.8. The molecule has 0 aliphatic carbocycles. The lowest BCUT2D eigenvalue weighted by molar-refractivity contribution is -0.0285. The van der Waals surface area contributed by atoms with Gasteiger partial charge in [0.1, 0.15) is 0 Å². The summed E-state index contributed by atoms with van der Waals surface area (Å²) in [5.41, 5.74) is 1.26. The van der Waals surface area contributed by atoms with Crippen molar-refractivity contribution in [2.75, 3.05) is 19.8 Å². The first-order chi connectivity index (χ1) is 9.34. The molecule has 0 radical (unpaired) electrons. The van der Waals surface area contributed by atoms with E-state index in [2.05, 4.69) is 41.4 Å². The van der Waals surface area contributed by atoms with Gasteiger partial charge in [0.2, 0.25) is 0 Å². The first-order valence-corrected chi connectivity index (χ1v) is 7.43. The molecule has 3 heteroatoms. The molecular weight excluding hydrogens is 236 g/mol. The first-order valence-electron chi connectivity index (χ1n) is 7.43. The lowest BCUT2D eigenvalue weighted by Crippen LogP contribution is -2.52. The zero-order valence-electron chi connectivity index (χ0n) is 11.7. The Balaban J connectivity index is 1.50. The first kappa shape index (κ1) is 13.1. The lowest BCUT2D eigenvalue weighted by Gasteiger charge is -2.40. The molecule has 1 N–H and O–H groups in total. The minimum Gasteiger partial charge on any atom is -0.361 e. The number of rotatable bonds is 4. The Bertz CT molecular complexity index is 395. The van der Waals surface area contributed by atoms with Crippen LogP contribution in [0.3, 0.4) is 0 Å². The molecular formula is C16H24N2O. The maximum absolute atomic E-state index is 5.90. The van der Waals surface area contributed by atoms with Gasteiger partial charge in [0.25, 0.3) is 0 Å². The number of piperidine rings is 1. The van der Waals surface area contributed by atoms with Crippen LogP contribution in [-0.2, 0) is 11.3 Å². The highest BCUT2D eigenvalue weighted by atomic mass is 16.5. The van der Waals surface area contributed by atoms with E-state index in [1.54, 1.807) is 0 Å².